The predicted molar refractivity (Wildman–Crippen MR) is 68.4 cm³/mol. The maximum Gasteiger partial charge on any atom is 0.323 e. The summed E-state index contributed by atoms with van der Waals surface area (Å²) < 4.78 is 10.4. The van der Waals surface area contributed by atoms with Crippen molar-refractivity contribution in [3.63, 3.8) is 0 Å². The Balaban J connectivity index is 2.82. The van der Waals surface area contributed by atoms with Gasteiger partial charge in [-0.15, -0.1) is 0 Å². The van der Waals surface area contributed by atoms with Crippen LogP contribution >= 0.6 is 0 Å². The molecule has 102 valence electrons. The van der Waals surface area contributed by atoms with Crippen molar-refractivity contribution in [2.24, 2.45) is 5.84 Å². The van der Waals surface area contributed by atoms with Crippen LogP contribution in [0.25, 0.3) is 0 Å². The summed E-state index contributed by atoms with van der Waals surface area (Å²) in [6.45, 7) is 6.27. The van der Waals surface area contributed by atoms with E-state index in [1.54, 1.807) is 7.11 Å². The number of nitrogens with one attached hydrogen (secondary N) is 2. The fourth-order valence-corrected chi connectivity index (χ4v) is 1.26. The molecule has 1 unspecified atom stereocenters. The van der Waals surface area contributed by atoms with Gasteiger partial charge in [-0.2, -0.15) is 15.0 Å². The second kappa shape index (κ2) is 6.92. The average molecular weight is 256 g/mol. The molecule has 0 spiro atoms. The minimum absolute atomic E-state index is 0.0257. The van der Waals surface area contributed by atoms with Crippen molar-refractivity contribution in [3.8, 4) is 6.01 Å². The third-order valence-electron chi connectivity index (χ3n) is 1.88. The summed E-state index contributed by atoms with van der Waals surface area (Å²) in [4.78, 5) is 12.2. The summed E-state index contributed by atoms with van der Waals surface area (Å²) in [6.07, 6.45) is -0.0257. The van der Waals surface area contributed by atoms with Crippen molar-refractivity contribution in [2.75, 3.05) is 24.5 Å². The first-order valence-corrected chi connectivity index (χ1v) is 5.70. The van der Waals surface area contributed by atoms with Crippen LogP contribution in [0.4, 0.5) is 11.9 Å². The molecule has 0 amide bonds. The summed E-state index contributed by atoms with van der Waals surface area (Å²) in [5, 5.41) is 3.07. The van der Waals surface area contributed by atoms with Crippen LogP contribution in [0.1, 0.15) is 20.8 Å². The van der Waals surface area contributed by atoms with Crippen LogP contribution in [-0.4, -0.2) is 40.8 Å². The van der Waals surface area contributed by atoms with Gasteiger partial charge < -0.3 is 14.8 Å². The molecule has 0 fully saturated rings. The van der Waals surface area contributed by atoms with Gasteiger partial charge in [-0.1, -0.05) is 0 Å². The first-order valence-electron chi connectivity index (χ1n) is 5.70. The van der Waals surface area contributed by atoms with Crippen LogP contribution in [0.2, 0.25) is 0 Å². The number of aromatic nitrogens is 3. The zero-order valence-electron chi connectivity index (χ0n) is 11.1. The van der Waals surface area contributed by atoms with Crippen molar-refractivity contribution < 1.29 is 9.47 Å². The van der Waals surface area contributed by atoms with Crippen LogP contribution in [0.5, 0.6) is 6.01 Å². The van der Waals surface area contributed by atoms with Crippen LogP contribution in [-0.2, 0) is 4.74 Å². The minimum Gasteiger partial charge on any atom is -0.461 e. The van der Waals surface area contributed by atoms with Crippen molar-refractivity contribution in [2.45, 2.75) is 32.9 Å². The Labute approximate surface area is 106 Å². The number of hydrazine groups is 1. The summed E-state index contributed by atoms with van der Waals surface area (Å²) >= 11 is 0. The molecular weight excluding hydrogens is 236 g/mol. The summed E-state index contributed by atoms with van der Waals surface area (Å²) in [5.74, 6) is 5.93. The number of rotatable bonds is 7. The van der Waals surface area contributed by atoms with Crippen LogP contribution in [0.3, 0.4) is 0 Å². The lowest BCUT2D eigenvalue weighted by molar-refractivity contribution is 0.190. The summed E-state index contributed by atoms with van der Waals surface area (Å²) in [6, 6.07) is 0.287. The number of nitrogens with two attached hydrogens (primary N) is 1. The monoisotopic (exact) mass is 256 g/mol. The van der Waals surface area contributed by atoms with Gasteiger partial charge in [0.15, 0.2) is 0 Å². The fraction of sp³-hybridized carbons (Fsp3) is 0.700. The molecule has 0 saturated heterocycles. The zero-order valence-corrected chi connectivity index (χ0v) is 11.1. The van der Waals surface area contributed by atoms with Gasteiger partial charge in [0.2, 0.25) is 11.9 Å². The summed E-state index contributed by atoms with van der Waals surface area (Å²) in [5.41, 5.74) is 2.37. The second-order valence-electron chi connectivity index (χ2n) is 4.08. The summed E-state index contributed by atoms with van der Waals surface area (Å²) in [7, 11) is 1.63. The lowest BCUT2D eigenvalue weighted by Gasteiger charge is -2.14. The molecule has 1 aromatic heterocycles. The van der Waals surface area contributed by atoms with E-state index in [0.29, 0.717) is 12.6 Å². The third-order valence-corrected chi connectivity index (χ3v) is 1.88. The standard InChI is InChI=1S/C10H20N6O2/c1-6(2)18-10-14-8(12-7(3)5-17-4)13-9(15-10)16-11/h6-7H,5,11H2,1-4H3,(H2,12,13,14,15,16). The fourth-order valence-electron chi connectivity index (χ4n) is 1.26. The number of hydrogen-bond acceptors (Lipinski definition) is 8. The molecule has 4 N–H and O–H groups in total. The third kappa shape index (κ3) is 4.68. The molecular formula is C10H20N6O2. The quantitative estimate of drug-likeness (QED) is 0.475. The van der Waals surface area contributed by atoms with E-state index in [2.05, 4.69) is 25.7 Å². The van der Waals surface area contributed by atoms with Crippen LogP contribution < -0.4 is 21.3 Å². The highest BCUT2D eigenvalue weighted by molar-refractivity contribution is 5.35. The van der Waals surface area contributed by atoms with Gasteiger partial charge >= 0.3 is 6.01 Å². The molecule has 8 heteroatoms. The van der Waals surface area contributed by atoms with E-state index in [9.17, 15) is 0 Å². The van der Waals surface area contributed by atoms with Crippen molar-refractivity contribution in [1.82, 2.24) is 15.0 Å². The first-order chi connectivity index (χ1) is 8.55. The molecule has 1 heterocycles. The molecule has 1 aromatic rings. The Hall–Kier alpha value is -1.67. The van der Waals surface area contributed by atoms with Gasteiger partial charge in [-0.05, 0) is 20.8 Å². The van der Waals surface area contributed by atoms with E-state index in [0.717, 1.165) is 0 Å². The molecule has 0 saturated carbocycles. The molecule has 8 nitrogen and oxygen atoms in total. The van der Waals surface area contributed by atoms with Crippen LogP contribution in [0, 0.1) is 0 Å². The maximum atomic E-state index is 5.41. The largest absolute Gasteiger partial charge is 0.461 e. The number of anilines is 2. The molecule has 0 aliphatic heterocycles. The highest BCUT2D eigenvalue weighted by Crippen LogP contribution is 2.12. The lowest BCUT2D eigenvalue weighted by Crippen LogP contribution is -2.23. The topological polar surface area (TPSA) is 107 Å². The molecule has 0 aliphatic carbocycles. The maximum absolute atomic E-state index is 5.41. The highest BCUT2D eigenvalue weighted by Gasteiger charge is 2.10. The van der Waals surface area contributed by atoms with Gasteiger partial charge in [-0.3, -0.25) is 5.43 Å². The van der Waals surface area contributed by atoms with Crippen molar-refractivity contribution in [3.05, 3.63) is 0 Å². The van der Waals surface area contributed by atoms with Crippen molar-refractivity contribution in [1.29, 1.82) is 0 Å². The smallest absolute Gasteiger partial charge is 0.323 e. The number of ether oxygens (including phenoxy) is 2. The van der Waals surface area contributed by atoms with Gasteiger partial charge in [0, 0.05) is 13.2 Å². The lowest BCUT2D eigenvalue weighted by atomic mass is 10.4. The van der Waals surface area contributed by atoms with E-state index >= 15 is 0 Å². The molecule has 0 aliphatic rings. The predicted octanol–water partition coefficient (Wildman–Crippen LogP) is 0.391. The molecule has 0 aromatic carbocycles. The van der Waals surface area contributed by atoms with Gasteiger partial charge in [-0.25, -0.2) is 5.84 Å². The Morgan fingerprint density at radius 2 is 1.83 bits per heavy atom. The molecule has 1 rings (SSSR count). The Morgan fingerprint density at radius 1 is 1.17 bits per heavy atom. The Morgan fingerprint density at radius 3 is 2.39 bits per heavy atom. The van der Waals surface area contributed by atoms with Gasteiger partial charge in [0.1, 0.15) is 0 Å². The second-order valence-corrected chi connectivity index (χ2v) is 4.08. The molecule has 1 atom stereocenters. The van der Waals surface area contributed by atoms with Crippen LogP contribution in [0.15, 0.2) is 0 Å². The van der Waals surface area contributed by atoms with Crippen molar-refractivity contribution >= 4 is 11.9 Å². The number of hydrogen-bond donors (Lipinski definition) is 3. The Kier molecular flexibility index (Phi) is 5.53. The minimum atomic E-state index is -0.0257. The molecule has 0 bridgehead atoms. The number of nitrogens with zero attached hydrogens (tertiary/aromatic N) is 3. The highest BCUT2D eigenvalue weighted by atomic mass is 16.5. The van der Waals surface area contributed by atoms with Gasteiger partial charge in [0.25, 0.3) is 0 Å². The molecule has 0 radical (unpaired) electrons. The van der Waals surface area contributed by atoms with E-state index in [1.807, 2.05) is 20.8 Å². The van der Waals surface area contributed by atoms with E-state index in [-0.39, 0.29) is 24.1 Å². The Bertz CT molecular complexity index is 373. The SMILES string of the molecule is COCC(C)Nc1nc(NN)nc(OC(C)C)n1. The van der Waals surface area contributed by atoms with E-state index in [4.69, 9.17) is 15.3 Å². The normalized spacial score (nSPS) is 12.3. The van der Waals surface area contributed by atoms with E-state index < -0.39 is 0 Å². The number of methoxy groups -OCH3 is 1. The number of nitrogen functional groups attached to an aromatic ring is 1. The van der Waals surface area contributed by atoms with Gasteiger partial charge in [0.05, 0.1) is 12.7 Å². The zero-order chi connectivity index (χ0) is 13.5. The molecule has 18 heavy (non-hydrogen) atoms. The average Bonchev–Trinajstić information content (AvgIpc) is 2.27. The first kappa shape index (κ1) is 14.4. The van der Waals surface area contributed by atoms with E-state index in [1.165, 1.54) is 0 Å².